The van der Waals surface area contributed by atoms with Crippen molar-refractivity contribution < 1.29 is 29.3 Å². The summed E-state index contributed by atoms with van der Waals surface area (Å²) in [5.74, 6) is 0.793. The lowest BCUT2D eigenvalue weighted by Gasteiger charge is -2.34. The molecule has 0 aliphatic rings. The number of hydrogen-bond acceptors (Lipinski definition) is 6. The Morgan fingerprint density at radius 3 is 1.78 bits per heavy atom. The van der Waals surface area contributed by atoms with Gasteiger partial charge in [-0.2, -0.15) is 0 Å². The summed E-state index contributed by atoms with van der Waals surface area (Å²) in [6.45, 7) is 18.1. The maximum Gasteiger partial charge on any atom is 0.460 e. The first-order valence-electron chi connectivity index (χ1n) is 12.3. The van der Waals surface area contributed by atoms with E-state index in [9.17, 15) is 20.2 Å². The number of phenolic OH excluding ortho intramolecular Hbond substituents is 2. The third-order valence-corrected chi connectivity index (χ3v) is 6.82. The summed E-state index contributed by atoms with van der Waals surface area (Å²) < 4.78 is 11.5. The number of hydrogen-bond donors (Lipinski definition) is 3. The highest BCUT2D eigenvalue weighted by molar-refractivity contribution is 7.41. The van der Waals surface area contributed by atoms with Gasteiger partial charge < -0.3 is 29.3 Å². The lowest BCUT2D eigenvalue weighted by Crippen LogP contribution is -2.20. The van der Waals surface area contributed by atoms with Gasteiger partial charge in [-0.3, -0.25) is 0 Å². The summed E-state index contributed by atoms with van der Waals surface area (Å²) in [5, 5.41) is 34.0. The van der Waals surface area contributed by atoms with Gasteiger partial charge in [0.15, 0.2) is 0 Å². The first-order valence-corrected chi connectivity index (χ1v) is 13.4. The molecule has 1 unspecified atom stereocenters. The van der Waals surface area contributed by atoms with Crippen LogP contribution < -0.4 is 14.2 Å². The Balaban J connectivity index is 2.24. The molecule has 3 aromatic carbocycles. The van der Waals surface area contributed by atoms with Gasteiger partial charge in [-0.25, -0.2) is 0 Å². The summed E-state index contributed by atoms with van der Waals surface area (Å²) in [5.41, 5.74) is 2.18. The van der Waals surface area contributed by atoms with Crippen LogP contribution in [-0.4, -0.2) is 15.1 Å². The largest absolute Gasteiger partial charge is 0.872 e. The van der Waals surface area contributed by atoms with Crippen LogP contribution in [0.4, 0.5) is 0 Å². The molecule has 6 nitrogen and oxygen atoms in total. The molecule has 3 N–H and O–H groups in total. The van der Waals surface area contributed by atoms with Gasteiger partial charge in [0.1, 0.15) is 23.0 Å². The minimum Gasteiger partial charge on any atom is -0.872 e. The molecule has 0 fully saturated rings. The fourth-order valence-electron chi connectivity index (χ4n) is 4.37. The first kappa shape index (κ1) is 28.6. The van der Waals surface area contributed by atoms with Crippen LogP contribution in [0.3, 0.4) is 0 Å². The van der Waals surface area contributed by atoms with E-state index in [1.165, 1.54) is 30.3 Å². The predicted molar refractivity (Wildman–Crippen MR) is 148 cm³/mol. The highest BCUT2D eigenvalue weighted by Crippen LogP contribution is 2.51. The molecule has 0 saturated heterocycles. The van der Waals surface area contributed by atoms with Crippen LogP contribution in [0.25, 0.3) is 11.1 Å². The summed E-state index contributed by atoms with van der Waals surface area (Å²) in [4.78, 5) is 10.7. The molecular weight excluding hydrogens is 487 g/mol. The minimum absolute atomic E-state index is 0.0828. The number of benzene rings is 3. The average Bonchev–Trinajstić information content (AvgIpc) is 2.74. The van der Waals surface area contributed by atoms with Crippen LogP contribution in [0.1, 0.15) is 79.0 Å². The molecule has 37 heavy (non-hydrogen) atoms. The molecule has 0 radical (unpaired) electrons. The molecule has 0 aliphatic heterocycles. The fourth-order valence-corrected chi connectivity index (χ4v) is 5.03. The van der Waals surface area contributed by atoms with E-state index >= 15 is 0 Å². The smallest absolute Gasteiger partial charge is 0.460 e. The van der Waals surface area contributed by atoms with Crippen LogP contribution >= 0.6 is 8.60 Å². The Hall–Kier alpha value is -2.95. The molecule has 200 valence electrons. The summed E-state index contributed by atoms with van der Waals surface area (Å²) in [7, 11) is -2.38. The molecule has 0 aliphatic carbocycles. The molecule has 0 aromatic heterocycles. The van der Waals surface area contributed by atoms with Crippen molar-refractivity contribution in [3.05, 3.63) is 65.2 Å². The Morgan fingerprint density at radius 2 is 1.27 bits per heavy atom. The van der Waals surface area contributed by atoms with Gasteiger partial charge in [0.2, 0.25) is 0 Å². The van der Waals surface area contributed by atoms with E-state index in [1.807, 2.05) is 68.4 Å². The maximum atomic E-state index is 13.5. The van der Waals surface area contributed by atoms with Gasteiger partial charge in [0.25, 0.3) is 0 Å². The van der Waals surface area contributed by atoms with Gasteiger partial charge in [0.05, 0.1) is 0 Å². The van der Waals surface area contributed by atoms with E-state index in [2.05, 4.69) is 0 Å². The highest BCUT2D eigenvalue weighted by atomic mass is 31.2. The van der Waals surface area contributed by atoms with Crippen LogP contribution in [0.15, 0.2) is 48.5 Å². The van der Waals surface area contributed by atoms with Crippen LogP contribution in [0.2, 0.25) is 0 Å². The van der Waals surface area contributed by atoms with Crippen molar-refractivity contribution in [1.29, 1.82) is 0 Å². The summed E-state index contributed by atoms with van der Waals surface area (Å²) in [6, 6.07) is 12.7. The molecule has 0 amide bonds. The predicted octanol–water partition coefficient (Wildman–Crippen LogP) is 7.41. The molecule has 1 atom stereocenters. The van der Waals surface area contributed by atoms with E-state index < -0.39 is 14.0 Å². The van der Waals surface area contributed by atoms with E-state index in [1.54, 1.807) is 12.1 Å². The second-order valence-electron chi connectivity index (χ2n) is 12.4. The van der Waals surface area contributed by atoms with Gasteiger partial charge in [0, 0.05) is 5.56 Å². The zero-order valence-electron chi connectivity index (χ0n) is 23.1. The number of aromatic hydroxyl groups is 2. The van der Waals surface area contributed by atoms with Crippen LogP contribution in [-0.2, 0) is 16.2 Å². The van der Waals surface area contributed by atoms with Crippen molar-refractivity contribution in [2.75, 3.05) is 0 Å². The van der Waals surface area contributed by atoms with E-state index in [0.717, 1.165) is 16.7 Å². The molecule has 7 heteroatoms. The van der Waals surface area contributed by atoms with E-state index in [4.69, 9.17) is 9.05 Å². The van der Waals surface area contributed by atoms with Crippen molar-refractivity contribution in [1.82, 2.24) is 0 Å². The van der Waals surface area contributed by atoms with Gasteiger partial charge in [-0.1, -0.05) is 68.4 Å². The van der Waals surface area contributed by atoms with Gasteiger partial charge in [-0.15, -0.1) is 5.75 Å². The van der Waals surface area contributed by atoms with Crippen molar-refractivity contribution in [3.63, 3.8) is 0 Å². The quantitative estimate of drug-likeness (QED) is 0.300. The van der Waals surface area contributed by atoms with Crippen LogP contribution in [0, 0.1) is 0 Å². The molecule has 0 saturated carbocycles. The van der Waals surface area contributed by atoms with E-state index in [-0.39, 0.29) is 28.1 Å². The zero-order valence-corrected chi connectivity index (χ0v) is 24.0. The molecule has 0 spiro atoms. The van der Waals surface area contributed by atoms with Gasteiger partial charge in [-0.05, 0) is 81.0 Å². The second kappa shape index (κ2) is 10.1. The standard InChI is InChI=1S/C30H39O6P/c1-28(2,3)21-17-24(33)22(29(4,5)6)16-20(21)26-23(32)14-15-25(27(26)30(7,8)9)36-37(34)35-19-12-10-18(31)11-13-19/h10-17,31-34H,1-9H3/p-1. The molecule has 3 aromatic rings. The molecule has 0 bridgehead atoms. The van der Waals surface area contributed by atoms with Crippen molar-refractivity contribution in [2.45, 2.75) is 78.6 Å². The lowest BCUT2D eigenvalue weighted by atomic mass is 9.74. The Kier molecular flexibility index (Phi) is 7.79. The number of phenols is 2. The molecule has 3 rings (SSSR count). The molecule has 0 heterocycles. The third-order valence-electron chi connectivity index (χ3n) is 6.10. The third kappa shape index (κ3) is 6.49. The van der Waals surface area contributed by atoms with Crippen molar-refractivity contribution in [2.24, 2.45) is 0 Å². The van der Waals surface area contributed by atoms with Gasteiger partial charge >= 0.3 is 8.60 Å². The summed E-state index contributed by atoms with van der Waals surface area (Å²) in [6.07, 6.45) is 0. The normalized spacial score (nSPS) is 13.4. The Bertz CT molecular complexity index is 1260. The van der Waals surface area contributed by atoms with Crippen molar-refractivity contribution >= 4 is 8.60 Å². The second-order valence-corrected chi connectivity index (χ2v) is 13.2. The zero-order chi connectivity index (χ0) is 27.9. The summed E-state index contributed by atoms with van der Waals surface area (Å²) >= 11 is 0. The lowest BCUT2D eigenvalue weighted by molar-refractivity contribution is -0.267. The van der Waals surface area contributed by atoms with Crippen LogP contribution in [0.5, 0.6) is 28.7 Å². The Labute approximate surface area is 221 Å². The minimum atomic E-state index is -2.38. The van der Waals surface area contributed by atoms with Crippen molar-refractivity contribution in [3.8, 4) is 39.9 Å². The SMILES string of the molecule is CC(C)(C)c1cc(-c2c([O-])ccc(OP(O)Oc3ccc(O)cc3)c2C(C)(C)C)c(C(C)(C)C)cc1O. The molecular formula is C30H38O6P-. The average molecular weight is 526 g/mol. The Morgan fingerprint density at radius 1 is 0.703 bits per heavy atom. The van der Waals surface area contributed by atoms with E-state index in [0.29, 0.717) is 22.6 Å². The number of rotatable bonds is 5. The highest BCUT2D eigenvalue weighted by Gasteiger charge is 2.31. The fraction of sp³-hybridized carbons (Fsp3) is 0.400. The topological polar surface area (TPSA) is 102 Å². The maximum absolute atomic E-state index is 13.5. The monoisotopic (exact) mass is 525 g/mol. The first-order chi connectivity index (χ1) is 16.9.